The second kappa shape index (κ2) is 6.47. The zero-order chi connectivity index (χ0) is 14.7. The van der Waals surface area contributed by atoms with E-state index in [0.717, 1.165) is 46.3 Å². The van der Waals surface area contributed by atoms with Gasteiger partial charge in [0.1, 0.15) is 0 Å². The Balaban J connectivity index is 1.74. The van der Waals surface area contributed by atoms with Crippen LogP contribution in [0.4, 0.5) is 0 Å². The highest BCUT2D eigenvalue weighted by Gasteiger charge is 2.09. The molecule has 0 saturated carbocycles. The Kier molecular flexibility index (Phi) is 4.43. The normalized spacial score (nSPS) is 10.7. The smallest absolute Gasteiger partial charge is 0.160 e. The van der Waals surface area contributed by atoms with Gasteiger partial charge in [0.25, 0.3) is 0 Å². The molecule has 0 aliphatic heterocycles. The minimum Gasteiger partial charge on any atom is -0.297 e. The van der Waals surface area contributed by atoms with Crippen LogP contribution in [-0.2, 0) is 12.8 Å². The van der Waals surface area contributed by atoms with Gasteiger partial charge in [-0.1, -0.05) is 0 Å². The number of aldehydes is 2. The summed E-state index contributed by atoms with van der Waals surface area (Å²) in [5.41, 5.74) is 2.18. The van der Waals surface area contributed by atoms with Crippen molar-refractivity contribution < 1.29 is 9.59 Å². The van der Waals surface area contributed by atoms with Gasteiger partial charge >= 0.3 is 0 Å². The van der Waals surface area contributed by atoms with E-state index in [1.165, 1.54) is 32.4 Å². The zero-order valence-electron chi connectivity index (χ0n) is 11.1. The molecule has 0 aromatic carbocycles. The van der Waals surface area contributed by atoms with E-state index in [4.69, 9.17) is 0 Å². The first-order valence-corrected chi connectivity index (χ1v) is 8.98. The molecule has 0 amide bonds. The summed E-state index contributed by atoms with van der Waals surface area (Å²) in [6, 6.07) is 8.24. The quantitative estimate of drug-likeness (QED) is 0.614. The number of hydrogen-bond donors (Lipinski definition) is 0. The molecule has 0 aliphatic carbocycles. The fourth-order valence-corrected chi connectivity index (χ4v) is 4.70. The molecule has 0 unspecified atom stereocenters. The van der Waals surface area contributed by atoms with E-state index >= 15 is 0 Å². The minimum absolute atomic E-state index is 0.798. The molecule has 2 nitrogen and oxygen atoms in total. The topological polar surface area (TPSA) is 34.1 Å². The van der Waals surface area contributed by atoms with Gasteiger partial charge in [0, 0.05) is 22.6 Å². The first-order valence-electron chi connectivity index (χ1n) is 6.41. The Morgan fingerprint density at radius 2 is 1.24 bits per heavy atom. The molecule has 5 heteroatoms. The van der Waals surface area contributed by atoms with Crippen LogP contribution in [-0.4, -0.2) is 12.6 Å². The standard InChI is InChI=1S/C16H12O2S3/c17-9-15-11(3-5-19-15)7-13-1-2-14(21-13)8-12-4-6-20-16(12)10-18/h1-6,9-10H,7-8H2. The molecule has 21 heavy (non-hydrogen) atoms. The zero-order valence-corrected chi connectivity index (χ0v) is 13.5. The molecular formula is C16H12O2S3. The fraction of sp³-hybridized carbons (Fsp3) is 0.125. The summed E-state index contributed by atoms with van der Waals surface area (Å²) in [7, 11) is 0. The molecule has 0 bridgehead atoms. The summed E-state index contributed by atoms with van der Waals surface area (Å²) in [5.74, 6) is 0. The lowest BCUT2D eigenvalue weighted by atomic mass is 10.1. The first kappa shape index (κ1) is 14.4. The number of rotatable bonds is 6. The van der Waals surface area contributed by atoms with Gasteiger partial charge in [-0.25, -0.2) is 0 Å². The third-order valence-corrected chi connectivity index (χ3v) is 6.08. The van der Waals surface area contributed by atoms with Crippen LogP contribution in [0.1, 0.15) is 40.2 Å². The molecule has 0 radical (unpaired) electrons. The van der Waals surface area contributed by atoms with Crippen LogP contribution in [0.3, 0.4) is 0 Å². The molecule has 0 spiro atoms. The highest BCUT2D eigenvalue weighted by molar-refractivity contribution is 7.13. The molecule has 0 saturated heterocycles. The summed E-state index contributed by atoms with van der Waals surface area (Å²) in [6.45, 7) is 0. The molecule has 3 heterocycles. The summed E-state index contributed by atoms with van der Waals surface area (Å²) in [4.78, 5) is 26.0. The van der Waals surface area contributed by atoms with Gasteiger partial charge in [-0.2, -0.15) is 0 Å². The summed E-state index contributed by atoms with van der Waals surface area (Å²) in [6.07, 6.45) is 3.45. The first-order chi connectivity index (χ1) is 10.3. The van der Waals surface area contributed by atoms with Crippen molar-refractivity contribution >= 4 is 46.6 Å². The Hall–Kier alpha value is -1.56. The molecule has 0 atom stereocenters. The van der Waals surface area contributed by atoms with Crippen LogP contribution in [0.2, 0.25) is 0 Å². The van der Waals surface area contributed by atoms with Gasteiger partial charge in [-0.15, -0.1) is 34.0 Å². The Labute approximate surface area is 134 Å². The van der Waals surface area contributed by atoms with Crippen molar-refractivity contribution in [1.82, 2.24) is 0 Å². The van der Waals surface area contributed by atoms with Crippen LogP contribution in [0, 0.1) is 0 Å². The summed E-state index contributed by atoms with van der Waals surface area (Å²) < 4.78 is 0. The fourth-order valence-electron chi connectivity index (χ4n) is 2.18. The summed E-state index contributed by atoms with van der Waals surface area (Å²) in [5, 5.41) is 3.91. The van der Waals surface area contributed by atoms with Gasteiger partial charge in [-0.05, 0) is 46.2 Å². The predicted octanol–water partition coefficient (Wildman–Crippen LogP) is 4.68. The van der Waals surface area contributed by atoms with Crippen molar-refractivity contribution in [3.63, 3.8) is 0 Å². The maximum Gasteiger partial charge on any atom is 0.160 e. The third kappa shape index (κ3) is 3.20. The minimum atomic E-state index is 0.798. The Morgan fingerprint density at radius 3 is 1.67 bits per heavy atom. The monoisotopic (exact) mass is 332 g/mol. The molecule has 3 rings (SSSR count). The molecule has 3 aromatic heterocycles. The van der Waals surface area contributed by atoms with E-state index in [9.17, 15) is 9.59 Å². The highest BCUT2D eigenvalue weighted by atomic mass is 32.1. The molecule has 0 N–H and O–H groups in total. The second-order valence-electron chi connectivity index (χ2n) is 4.58. The second-order valence-corrected chi connectivity index (χ2v) is 7.73. The molecular weight excluding hydrogens is 320 g/mol. The number of hydrogen-bond acceptors (Lipinski definition) is 5. The van der Waals surface area contributed by atoms with Crippen LogP contribution in [0.15, 0.2) is 35.0 Å². The van der Waals surface area contributed by atoms with Crippen molar-refractivity contribution in [3.8, 4) is 0 Å². The van der Waals surface area contributed by atoms with Crippen molar-refractivity contribution in [1.29, 1.82) is 0 Å². The van der Waals surface area contributed by atoms with E-state index in [1.54, 1.807) is 11.3 Å². The maximum absolute atomic E-state index is 10.9. The van der Waals surface area contributed by atoms with Crippen molar-refractivity contribution in [2.45, 2.75) is 12.8 Å². The SMILES string of the molecule is O=Cc1sccc1Cc1ccc(Cc2ccsc2C=O)s1. The van der Waals surface area contributed by atoms with Gasteiger partial charge in [0.2, 0.25) is 0 Å². The lowest BCUT2D eigenvalue weighted by molar-refractivity contribution is 0.111. The van der Waals surface area contributed by atoms with Crippen LogP contribution in [0.5, 0.6) is 0 Å². The molecule has 3 aromatic rings. The van der Waals surface area contributed by atoms with Crippen LogP contribution < -0.4 is 0 Å². The lowest BCUT2D eigenvalue weighted by Crippen LogP contribution is -1.87. The number of carbonyl (C=O) groups excluding carboxylic acids is 2. The van der Waals surface area contributed by atoms with E-state index in [-0.39, 0.29) is 0 Å². The van der Waals surface area contributed by atoms with Crippen molar-refractivity contribution in [2.24, 2.45) is 0 Å². The Bertz CT molecular complexity index is 701. The summed E-state index contributed by atoms with van der Waals surface area (Å²) >= 11 is 4.71. The van der Waals surface area contributed by atoms with Gasteiger partial charge in [0.15, 0.2) is 12.6 Å². The number of thiophene rings is 3. The number of carbonyl (C=O) groups is 2. The average molecular weight is 332 g/mol. The molecule has 0 fully saturated rings. The van der Waals surface area contributed by atoms with Crippen LogP contribution >= 0.6 is 34.0 Å². The van der Waals surface area contributed by atoms with Gasteiger partial charge in [0.05, 0.1) is 9.75 Å². The van der Waals surface area contributed by atoms with E-state index in [0.29, 0.717) is 0 Å². The third-order valence-electron chi connectivity index (χ3n) is 3.22. The van der Waals surface area contributed by atoms with Gasteiger partial charge in [-0.3, -0.25) is 9.59 Å². The van der Waals surface area contributed by atoms with E-state index in [1.807, 2.05) is 22.9 Å². The largest absolute Gasteiger partial charge is 0.297 e. The molecule has 106 valence electrons. The van der Waals surface area contributed by atoms with E-state index < -0.39 is 0 Å². The lowest BCUT2D eigenvalue weighted by Gasteiger charge is -1.97. The van der Waals surface area contributed by atoms with Crippen LogP contribution in [0.25, 0.3) is 0 Å². The molecule has 0 aliphatic rings. The van der Waals surface area contributed by atoms with Crippen molar-refractivity contribution in [3.05, 3.63) is 65.7 Å². The predicted molar refractivity (Wildman–Crippen MR) is 89.3 cm³/mol. The van der Waals surface area contributed by atoms with Crippen molar-refractivity contribution in [2.75, 3.05) is 0 Å². The Morgan fingerprint density at radius 1 is 0.762 bits per heavy atom. The van der Waals surface area contributed by atoms with Gasteiger partial charge < -0.3 is 0 Å². The van der Waals surface area contributed by atoms with E-state index in [2.05, 4.69) is 12.1 Å². The highest BCUT2D eigenvalue weighted by Crippen LogP contribution is 2.26. The average Bonchev–Trinajstić information content (AvgIpc) is 3.21. The maximum atomic E-state index is 10.9.